The van der Waals surface area contributed by atoms with Crippen LogP contribution in [-0.4, -0.2) is 15.5 Å². The Morgan fingerprint density at radius 3 is 2.13 bits per heavy atom. The second kappa shape index (κ2) is 3.36. The molecular formula is C10H12N2O3+2. The van der Waals surface area contributed by atoms with Gasteiger partial charge in [-0.25, -0.2) is 0 Å². The van der Waals surface area contributed by atoms with Gasteiger partial charge in [0.1, 0.15) is 6.61 Å². The minimum Gasteiger partial charge on any atom is -0.385 e. The van der Waals surface area contributed by atoms with Crippen LogP contribution >= 0.6 is 0 Å². The standard InChI is InChI=1S/C10H12N2O3/c1-7-10(6-13)12(15)9-5-3-2-4-8(9)11(7)14/h2-5,13-15H,6H2,1H3/q+2. The van der Waals surface area contributed by atoms with E-state index in [4.69, 9.17) is 5.11 Å². The molecule has 0 unspecified atom stereocenters. The van der Waals surface area contributed by atoms with Gasteiger partial charge >= 0.3 is 22.4 Å². The maximum absolute atomic E-state index is 9.79. The summed E-state index contributed by atoms with van der Waals surface area (Å²) >= 11 is 0. The third kappa shape index (κ3) is 1.28. The van der Waals surface area contributed by atoms with Gasteiger partial charge in [0, 0.05) is 28.5 Å². The molecule has 1 aromatic heterocycles. The zero-order chi connectivity index (χ0) is 11.0. The van der Waals surface area contributed by atoms with Crippen LogP contribution in [0.1, 0.15) is 11.4 Å². The highest BCUT2D eigenvalue weighted by atomic mass is 16.5. The molecule has 0 spiro atoms. The summed E-state index contributed by atoms with van der Waals surface area (Å²) in [4.78, 5) is 0. The summed E-state index contributed by atoms with van der Waals surface area (Å²) in [6.45, 7) is 1.28. The van der Waals surface area contributed by atoms with Crippen molar-refractivity contribution in [2.45, 2.75) is 13.5 Å². The highest BCUT2D eigenvalue weighted by Crippen LogP contribution is 2.07. The molecule has 15 heavy (non-hydrogen) atoms. The number of hydrogen-bond acceptors (Lipinski definition) is 3. The van der Waals surface area contributed by atoms with Crippen molar-refractivity contribution in [1.82, 2.24) is 0 Å². The zero-order valence-corrected chi connectivity index (χ0v) is 8.25. The van der Waals surface area contributed by atoms with E-state index in [1.165, 1.54) is 0 Å². The van der Waals surface area contributed by atoms with Crippen LogP contribution in [-0.2, 0) is 6.61 Å². The lowest BCUT2D eigenvalue weighted by Crippen LogP contribution is -2.47. The van der Waals surface area contributed by atoms with Crippen molar-refractivity contribution in [1.29, 1.82) is 0 Å². The van der Waals surface area contributed by atoms with Gasteiger partial charge in [0.2, 0.25) is 0 Å². The Balaban J connectivity index is 2.96. The molecule has 0 saturated carbocycles. The van der Waals surface area contributed by atoms with E-state index >= 15 is 0 Å². The first-order chi connectivity index (χ1) is 7.16. The fraction of sp³-hybridized carbons (Fsp3) is 0.200. The molecule has 5 heteroatoms. The average molecular weight is 208 g/mol. The minimum absolute atomic E-state index is 0.260. The van der Waals surface area contributed by atoms with E-state index < -0.39 is 0 Å². The smallest absolute Gasteiger partial charge is 0.333 e. The van der Waals surface area contributed by atoms with Crippen LogP contribution in [0.25, 0.3) is 11.0 Å². The first kappa shape index (κ1) is 9.67. The quantitative estimate of drug-likeness (QED) is 0.445. The molecule has 0 aliphatic carbocycles. The predicted octanol–water partition coefficient (Wildman–Crippen LogP) is -0.310. The van der Waals surface area contributed by atoms with Crippen molar-refractivity contribution in [2.24, 2.45) is 0 Å². The Kier molecular flexibility index (Phi) is 2.17. The lowest BCUT2D eigenvalue weighted by atomic mass is 10.2. The molecule has 3 N–H and O–H groups in total. The van der Waals surface area contributed by atoms with Crippen LogP contribution in [0.2, 0.25) is 0 Å². The summed E-state index contributed by atoms with van der Waals surface area (Å²) in [7, 11) is 0. The van der Waals surface area contributed by atoms with E-state index in [1.54, 1.807) is 31.2 Å². The Bertz CT molecular complexity index is 526. The average Bonchev–Trinajstić information content (AvgIpc) is 2.27. The Morgan fingerprint density at radius 1 is 1.07 bits per heavy atom. The van der Waals surface area contributed by atoms with Crippen molar-refractivity contribution in [3.63, 3.8) is 0 Å². The van der Waals surface area contributed by atoms with Gasteiger partial charge in [-0.3, -0.25) is 10.4 Å². The van der Waals surface area contributed by atoms with E-state index in [0.717, 1.165) is 9.46 Å². The van der Waals surface area contributed by atoms with Crippen molar-refractivity contribution >= 4 is 11.0 Å². The van der Waals surface area contributed by atoms with E-state index in [-0.39, 0.29) is 12.3 Å². The number of para-hydroxylation sites is 2. The van der Waals surface area contributed by atoms with Crippen molar-refractivity contribution in [3.05, 3.63) is 35.7 Å². The molecule has 78 valence electrons. The van der Waals surface area contributed by atoms with Crippen LogP contribution in [0.4, 0.5) is 0 Å². The normalized spacial score (nSPS) is 10.8. The van der Waals surface area contributed by atoms with Crippen molar-refractivity contribution in [2.75, 3.05) is 0 Å². The highest BCUT2D eigenvalue weighted by Gasteiger charge is 2.30. The lowest BCUT2D eigenvalue weighted by Gasteiger charge is -1.97. The molecule has 2 aromatic rings. The summed E-state index contributed by atoms with van der Waals surface area (Å²) in [6.07, 6.45) is 0. The number of nitrogens with zero attached hydrogens (tertiary/aromatic N) is 2. The lowest BCUT2D eigenvalue weighted by molar-refractivity contribution is -0.928. The van der Waals surface area contributed by atoms with Gasteiger partial charge in [0.15, 0.2) is 0 Å². The second-order valence-electron chi connectivity index (χ2n) is 3.30. The molecule has 0 atom stereocenters. The van der Waals surface area contributed by atoms with Crippen LogP contribution in [0.15, 0.2) is 24.3 Å². The SMILES string of the molecule is Cc1c(CO)[n+](O)c2ccccc2[n+]1O. The van der Waals surface area contributed by atoms with E-state index in [9.17, 15) is 10.4 Å². The van der Waals surface area contributed by atoms with E-state index in [1.807, 2.05) is 0 Å². The molecule has 0 saturated heterocycles. The van der Waals surface area contributed by atoms with Crippen LogP contribution in [0.5, 0.6) is 0 Å². The molecule has 5 nitrogen and oxygen atoms in total. The Hall–Kier alpha value is -1.88. The van der Waals surface area contributed by atoms with Crippen molar-refractivity contribution in [3.8, 4) is 0 Å². The van der Waals surface area contributed by atoms with Gasteiger partial charge < -0.3 is 5.11 Å². The third-order valence-corrected chi connectivity index (χ3v) is 2.48. The van der Waals surface area contributed by atoms with E-state index in [0.29, 0.717) is 16.7 Å². The molecule has 0 fully saturated rings. The third-order valence-electron chi connectivity index (χ3n) is 2.48. The number of aliphatic hydroxyl groups is 1. The Labute approximate surface area is 86.0 Å². The van der Waals surface area contributed by atoms with Crippen LogP contribution in [0, 0.1) is 6.92 Å². The minimum atomic E-state index is -0.340. The molecule has 0 amide bonds. The fourth-order valence-corrected chi connectivity index (χ4v) is 1.61. The van der Waals surface area contributed by atoms with Gasteiger partial charge in [-0.05, 0) is 0 Å². The highest BCUT2D eigenvalue weighted by molar-refractivity contribution is 5.66. The van der Waals surface area contributed by atoms with Crippen LogP contribution < -0.4 is 9.46 Å². The first-order valence-corrected chi connectivity index (χ1v) is 4.54. The number of aliphatic hydroxyl groups excluding tert-OH is 1. The molecule has 0 aliphatic heterocycles. The number of rotatable bonds is 1. The number of benzene rings is 1. The van der Waals surface area contributed by atoms with Gasteiger partial charge in [-0.2, -0.15) is 0 Å². The van der Waals surface area contributed by atoms with E-state index in [2.05, 4.69) is 0 Å². The summed E-state index contributed by atoms with van der Waals surface area (Å²) in [6, 6.07) is 6.83. The maximum atomic E-state index is 9.79. The summed E-state index contributed by atoms with van der Waals surface area (Å²) in [5, 5.41) is 28.6. The fourth-order valence-electron chi connectivity index (χ4n) is 1.61. The summed E-state index contributed by atoms with van der Waals surface area (Å²) < 4.78 is 1.84. The second-order valence-corrected chi connectivity index (χ2v) is 3.30. The predicted molar refractivity (Wildman–Crippen MR) is 49.4 cm³/mol. The zero-order valence-electron chi connectivity index (χ0n) is 8.25. The summed E-state index contributed by atoms with van der Waals surface area (Å²) in [5.74, 6) is 0. The van der Waals surface area contributed by atoms with Crippen molar-refractivity contribution < 1.29 is 25.0 Å². The molecule has 0 aliphatic rings. The maximum Gasteiger partial charge on any atom is 0.333 e. The molecule has 0 radical (unpaired) electrons. The molecule has 1 heterocycles. The molecular weight excluding hydrogens is 196 g/mol. The van der Waals surface area contributed by atoms with Gasteiger partial charge in [-0.15, -0.1) is 0 Å². The Morgan fingerprint density at radius 2 is 1.60 bits per heavy atom. The van der Waals surface area contributed by atoms with Crippen LogP contribution in [0.3, 0.4) is 0 Å². The monoisotopic (exact) mass is 208 g/mol. The molecule has 0 bridgehead atoms. The number of aromatic nitrogens is 2. The van der Waals surface area contributed by atoms with Gasteiger partial charge in [0.05, 0.1) is 0 Å². The summed E-state index contributed by atoms with van der Waals surface area (Å²) in [5.41, 5.74) is 1.58. The largest absolute Gasteiger partial charge is 0.385 e. The van der Waals surface area contributed by atoms with Gasteiger partial charge in [-0.1, -0.05) is 12.1 Å². The van der Waals surface area contributed by atoms with Gasteiger partial charge in [0.25, 0.3) is 0 Å². The number of hydrogen-bond donors (Lipinski definition) is 3. The number of fused-ring (bicyclic) bond motifs is 1. The molecule has 2 rings (SSSR count). The topological polar surface area (TPSA) is 68.5 Å². The molecule has 1 aromatic carbocycles. The first-order valence-electron chi connectivity index (χ1n) is 4.54.